The molecule has 6 heteroatoms. The fraction of sp³-hybridized carbons (Fsp3) is 0.333. The van der Waals surface area contributed by atoms with Crippen LogP contribution in [0.15, 0.2) is 42.6 Å². The summed E-state index contributed by atoms with van der Waals surface area (Å²) in [5.74, 6) is 0.00804. The lowest BCUT2D eigenvalue weighted by atomic mass is 10.2. The van der Waals surface area contributed by atoms with Crippen LogP contribution in [0.1, 0.15) is 17.4 Å². The van der Waals surface area contributed by atoms with Crippen molar-refractivity contribution < 1.29 is 4.79 Å². The normalized spacial score (nSPS) is 18.1. The molecule has 1 saturated heterocycles. The van der Waals surface area contributed by atoms with Crippen LogP contribution in [-0.4, -0.2) is 46.3 Å². The van der Waals surface area contributed by atoms with Gasteiger partial charge >= 0.3 is 0 Å². The summed E-state index contributed by atoms with van der Waals surface area (Å²) in [5, 5.41) is 7.68. The molecule has 0 spiro atoms. The minimum Gasteiger partial charge on any atom is -0.332 e. The number of hydrogen-bond acceptors (Lipinski definition) is 3. The summed E-state index contributed by atoms with van der Waals surface area (Å²) >= 11 is 0. The molecule has 2 aromatic rings. The second-order valence-corrected chi connectivity index (χ2v) is 5.03. The van der Waals surface area contributed by atoms with E-state index < -0.39 is 0 Å². The molecule has 21 heavy (non-hydrogen) atoms. The first kappa shape index (κ1) is 15.5. The molecule has 5 nitrogen and oxygen atoms in total. The molecule has 1 aliphatic heterocycles. The van der Waals surface area contributed by atoms with E-state index in [-0.39, 0.29) is 24.4 Å². The van der Waals surface area contributed by atoms with Gasteiger partial charge in [-0.25, -0.2) is 4.68 Å². The molecular weight excluding hydrogens is 288 g/mol. The molecule has 1 atom stereocenters. The first-order valence-electron chi connectivity index (χ1n) is 6.88. The van der Waals surface area contributed by atoms with E-state index in [9.17, 15) is 4.79 Å². The van der Waals surface area contributed by atoms with Crippen LogP contribution in [-0.2, 0) is 0 Å². The van der Waals surface area contributed by atoms with Crippen LogP contribution in [0.25, 0.3) is 5.69 Å². The second kappa shape index (κ2) is 6.74. The van der Waals surface area contributed by atoms with Gasteiger partial charge in [0.15, 0.2) is 5.69 Å². The van der Waals surface area contributed by atoms with E-state index in [1.165, 1.54) is 0 Å². The Balaban J connectivity index is 0.00000161. The molecule has 1 aliphatic rings. The van der Waals surface area contributed by atoms with Crippen molar-refractivity contribution in [2.45, 2.75) is 13.0 Å². The fourth-order valence-corrected chi connectivity index (χ4v) is 2.45. The Labute approximate surface area is 130 Å². The van der Waals surface area contributed by atoms with Gasteiger partial charge in [-0.15, -0.1) is 12.4 Å². The fourth-order valence-electron chi connectivity index (χ4n) is 2.45. The predicted octanol–water partition coefficient (Wildman–Crippen LogP) is 1.73. The zero-order valence-corrected chi connectivity index (χ0v) is 12.7. The van der Waals surface area contributed by atoms with Crippen LogP contribution in [0, 0.1) is 0 Å². The number of rotatable bonds is 2. The predicted molar refractivity (Wildman–Crippen MR) is 84.2 cm³/mol. The zero-order chi connectivity index (χ0) is 13.9. The molecule has 0 aliphatic carbocycles. The lowest BCUT2D eigenvalue weighted by Gasteiger charge is -2.33. The number of nitrogens with zero attached hydrogens (tertiary/aromatic N) is 3. The second-order valence-electron chi connectivity index (χ2n) is 5.03. The molecule has 1 amide bonds. The van der Waals surface area contributed by atoms with Crippen molar-refractivity contribution >= 4 is 18.3 Å². The number of para-hydroxylation sites is 1. The molecule has 1 aromatic carbocycles. The topological polar surface area (TPSA) is 50.2 Å². The number of benzene rings is 1. The zero-order valence-electron chi connectivity index (χ0n) is 11.9. The van der Waals surface area contributed by atoms with Crippen LogP contribution in [0.4, 0.5) is 0 Å². The quantitative estimate of drug-likeness (QED) is 0.919. The van der Waals surface area contributed by atoms with Gasteiger partial charge in [0.05, 0.1) is 5.69 Å². The molecule has 0 bridgehead atoms. The van der Waals surface area contributed by atoms with Crippen LogP contribution in [0.2, 0.25) is 0 Å². The van der Waals surface area contributed by atoms with Crippen LogP contribution < -0.4 is 5.32 Å². The highest BCUT2D eigenvalue weighted by Crippen LogP contribution is 2.11. The standard InChI is InChI=1S/C15H18N4O.ClH/c1-12-11-16-8-10-18(12)15(20)14-7-9-19(17-14)13-5-3-2-4-6-13;/h2-7,9,12,16H,8,10-11H2,1H3;1H. The van der Waals surface area contributed by atoms with Crippen molar-refractivity contribution in [3.05, 3.63) is 48.3 Å². The van der Waals surface area contributed by atoms with Gasteiger partial charge in [-0.3, -0.25) is 4.79 Å². The Morgan fingerprint density at radius 3 is 2.76 bits per heavy atom. The van der Waals surface area contributed by atoms with Crippen LogP contribution >= 0.6 is 12.4 Å². The minimum absolute atomic E-state index is 0. The number of piperazine rings is 1. The third kappa shape index (κ3) is 3.25. The summed E-state index contributed by atoms with van der Waals surface area (Å²) in [7, 11) is 0. The largest absolute Gasteiger partial charge is 0.332 e. The van der Waals surface area contributed by atoms with E-state index in [2.05, 4.69) is 17.3 Å². The van der Waals surface area contributed by atoms with Crippen molar-refractivity contribution in [2.24, 2.45) is 0 Å². The molecular formula is C15H19ClN4O. The van der Waals surface area contributed by atoms with Gasteiger partial charge in [-0.2, -0.15) is 5.10 Å². The third-order valence-corrected chi connectivity index (χ3v) is 3.59. The van der Waals surface area contributed by atoms with Crippen LogP contribution in [0.5, 0.6) is 0 Å². The molecule has 3 rings (SSSR count). The Bertz CT molecular complexity index is 599. The summed E-state index contributed by atoms with van der Waals surface area (Å²) in [5.41, 5.74) is 1.46. The molecule has 1 N–H and O–H groups in total. The Kier molecular flexibility index (Phi) is 4.98. The lowest BCUT2D eigenvalue weighted by molar-refractivity contribution is 0.0649. The maximum Gasteiger partial charge on any atom is 0.274 e. The van der Waals surface area contributed by atoms with Crippen molar-refractivity contribution in [1.29, 1.82) is 0 Å². The van der Waals surface area contributed by atoms with Crippen LogP contribution in [0.3, 0.4) is 0 Å². The summed E-state index contributed by atoms with van der Waals surface area (Å²) in [6, 6.07) is 11.8. The molecule has 1 fully saturated rings. The number of halogens is 1. The molecule has 0 radical (unpaired) electrons. The summed E-state index contributed by atoms with van der Waals surface area (Å²) < 4.78 is 1.74. The van der Waals surface area contributed by atoms with E-state index in [1.54, 1.807) is 10.7 Å². The van der Waals surface area contributed by atoms with Crippen molar-refractivity contribution in [1.82, 2.24) is 20.0 Å². The van der Waals surface area contributed by atoms with Crippen molar-refractivity contribution in [3.63, 3.8) is 0 Å². The monoisotopic (exact) mass is 306 g/mol. The number of carbonyl (C=O) groups excluding carboxylic acids is 1. The van der Waals surface area contributed by atoms with Gasteiger partial charge < -0.3 is 10.2 Å². The van der Waals surface area contributed by atoms with E-state index in [4.69, 9.17) is 0 Å². The van der Waals surface area contributed by atoms with Gasteiger partial charge in [0.25, 0.3) is 5.91 Å². The molecule has 1 unspecified atom stereocenters. The van der Waals surface area contributed by atoms with Gasteiger partial charge in [-0.1, -0.05) is 18.2 Å². The number of carbonyl (C=O) groups is 1. The summed E-state index contributed by atoms with van der Waals surface area (Å²) in [6.07, 6.45) is 1.83. The molecule has 0 saturated carbocycles. The number of aromatic nitrogens is 2. The van der Waals surface area contributed by atoms with Crippen molar-refractivity contribution in [2.75, 3.05) is 19.6 Å². The maximum atomic E-state index is 12.5. The Morgan fingerprint density at radius 1 is 1.29 bits per heavy atom. The molecule has 112 valence electrons. The number of nitrogens with one attached hydrogen (secondary N) is 1. The Hall–Kier alpha value is -1.85. The van der Waals surface area contributed by atoms with Gasteiger partial charge in [0.1, 0.15) is 0 Å². The third-order valence-electron chi connectivity index (χ3n) is 3.59. The van der Waals surface area contributed by atoms with E-state index in [0.29, 0.717) is 5.69 Å². The van der Waals surface area contributed by atoms with Gasteiger partial charge in [0.2, 0.25) is 0 Å². The van der Waals surface area contributed by atoms with Gasteiger partial charge in [-0.05, 0) is 25.1 Å². The SMILES string of the molecule is CC1CNCCN1C(=O)c1ccn(-c2ccccc2)n1.Cl. The maximum absolute atomic E-state index is 12.5. The summed E-state index contributed by atoms with van der Waals surface area (Å²) in [4.78, 5) is 14.4. The number of hydrogen-bond donors (Lipinski definition) is 1. The number of amides is 1. The lowest BCUT2D eigenvalue weighted by Crippen LogP contribution is -2.52. The average Bonchev–Trinajstić information content (AvgIpc) is 2.98. The summed E-state index contributed by atoms with van der Waals surface area (Å²) in [6.45, 7) is 4.47. The van der Waals surface area contributed by atoms with E-state index in [1.807, 2.05) is 41.4 Å². The smallest absolute Gasteiger partial charge is 0.274 e. The van der Waals surface area contributed by atoms with Crippen molar-refractivity contribution in [3.8, 4) is 5.69 Å². The Morgan fingerprint density at radius 2 is 2.05 bits per heavy atom. The van der Waals surface area contributed by atoms with E-state index >= 15 is 0 Å². The highest BCUT2D eigenvalue weighted by Gasteiger charge is 2.25. The highest BCUT2D eigenvalue weighted by molar-refractivity contribution is 5.92. The molecule has 1 aromatic heterocycles. The first-order valence-corrected chi connectivity index (χ1v) is 6.88. The van der Waals surface area contributed by atoms with Gasteiger partial charge in [0, 0.05) is 31.9 Å². The average molecular weight is 307 g/mol. The first-order chi connectivity index (χ1) is 9.75. The minimum atomic E-state index is 0. The molecule has 2 heterocycles. The highest BCUT2D eigenvalue weighted by atomic mass is 35.5. The van der Waals surface area contributed by atoms with E-state index in [0.717, 1.165) is 25.3 Å².